The number of aliphatic hydroxyl groups is 5. The van der Waals surface area contributed by atoms with E-state index < -0.39 is 54.9 Å². The zero-order valence-corrected chi connectivity index (χ0v) is 24.1. The lowest BCUT2D eigenvalue weighted by molar-refractivity contribution is -0.138. The average Bonchev–Trinajstić information content (AvgIpc) is 2.92. The molecule has 4 atom stereocenters. The number of aliphatic carboxylic acids is 4. The lowest BCUT2D eigenvalue weighted by atomic mass is 10.0. The highest BCUT2D eigenvalue weighted by Gasteiger charge is 2.29. The Balaban J connectivity index is -0.000000131. The van der Waals surface area contributed by atoms with Crippen LogP contribution in [-0.2, 0) is 24.0 Å². The highest BCUT2D eigenvalue weighted by molar-refractivity contribution is 5.67. The van der Waals surface area contributed by atoms with Gasteiger partial charge in [-0.25, -0.2) is 0 Å². The molecule has 40 heavy (non-hydrogen) atoms. The van der Waals surface area contributed by atoms with Crippen LogP contribution >= 0.6 is 0 Å². The summed E-state index contributed by atoms with van der Waals surface area (Å²) in [6.07, 6.45) is 1.49. The zero-order chi connectivity index (χ0) is 32.5. The second kappa shape index (κ2) is 36.4. The number of aldehydes is 1. The third-order valence-corrected chi connectivity index (χ3v) is 4.40. The Bertz CT molecular complexity index is 540. The summed E-state index contributed by atoms with van der Waals surface area (Å²) in [6.45, 7) is 7.14. The Morgan fingerprint density at radius 2 is 0.800 bits per heavy atom. The molecule has 0 aromatic carbocycles. The molecule has 14 heteroatoms. The summed E-state index contributed by atoms with van der Waals surface area (Å²) in [4.78, 5) is 48.9. The van der Waals surface area contributed by atoms with Gasteiger partial charge in [-0.2, -0.15) is 0 Å². The lowest BCUT2D eigenvalue weighted by Gasteiger charge is -2.22. The molecule has 0 saturated heterocycles. The van der Waals surface area contributed by atoms with Crippen LogP contribution in [-0.4, -0.2) is 107 Å². The van der Waals surface area contributed by atoms with Gasteiger partial charge in [-0.05, 0) is 25.7 Å². The maximum atomic E-state index is 9.90. The van der Waals surface area contributed by atoms with Crippen molar-refractivity contribution in [2.75, 3.05) is 6.61 Å². The number of unbranched alkanes of at least 4 members (excludes halogenated alkanes) is 4. The standard InChI is InChI=1S/C6H12O6.4C5H10O2/c7-1-3(9)5(11)6(12)4(10)2-8;4*1-2-3-4-5(6)7/h1,3-6,8-12H,2H2;4*2-4H2,1H3,(H,6,7)/t3-,4+,5+,6+;;;;/m0..../s1. The molecule has 0 fully saturated rings. The summed E-state index contributed by atoms with van der Waals surface area (Å²) in [6, 6.07) is 0. The molecule has 240 valence electrons. The molecule has 0 aromatic heterocycles. The minimum atomic E-state index is -1.79. The summed E-state index contributed by atoms with van der Waals surface area (Å²) in [7, 11) is 0. The van der Waals surface area contributed by atoms with Gasteiger partial charge in [0.2, 0.25) is 0 Å². The first kappa shape index (κ1) is 47.2. The second-order valence-electron chi connectivity index (χ2n) is 8.35. The average molecular weight is 589 g/mol. The van der Waals surface area contributed by atoms with Crippen LogP contribution in [0.3, 0.4) is 0 Å². The molecule has 9 N–H and O–H groups in total. The Kier molecular flexibility index (Phi) is 42.9. The topological polar surface area (TPSA) is 267 Å². The van der Waals surface area contributed by atoms with Crippen molar-refractivity contribution in [3.8, 4) is 0 Å². The number of rotatable bonds is 17. The SMILES string of the molecule is CCCCC(=O)O.CCCCC(=O)O.CCCCC(=O)O.CCCCC(=O)O.O=C[C@H](O)[C@@H](O)[C@H](O)[C@H](O)CO. The van der Waals surface area contributed by atoms with Crippen molar-refractivity contribution in [2.24, 2.45) is 0 Å². The lowest BCUT2D eigenvalue weighted by Crippen LogP contribution is -2.46. The van der Waals surface area contributed by atoms with E-state index in [0.717, 1.165) is 51.4 Å². The second-order valence-corrected chi connectivity index (χ2v) is 8.35. The van der Waals surface area contributed by atoms with Crippen molar-refractivity contribution in [3.05, 3.63) is 0 Å². The van der Waals surface area contributed by atoms with E-state index in [1.54, 1.807) is 0 Å². The molecule has 0 unspecified atom stereocenters. The van der Waals surface area contributed by atoms with Crippen molar-refractivity contribution in [1.82, 2.24) is 0 Å². The van der Waals surface area contributed by atoms with E-state index >= 15 is 0 Å². The molecule has 0 spiro atoms. The van der Waals surface area contributed by atoms with Crippen molar-refractivity contribution < 1.29 is 69.9 Å². The number of hydrogen-bond donors (Lipinski definition) is 9. The first-order valence-corrected chi connectivity index (χ1v) is 13.3. The number of carbonyl (C=O) groups excluding carboxylic acids is 1. The quantitative estimate of drug-likeness (QED) is 0.109. The van der Waals surface area contributed by atoms with Gasteiger partial charge in [-0.15, -0.1) is 0 Å². The Morgan fingerprint density at radius 3 is 0.925 bits per heavy atom. The molecule has 0 heterocycles. The van der Waals surface area contributed by atoms with Crippen LogP contribution in [0.4, 0.5) is 0 Å². The van der Waals surface area contributed by atoms with Crippen LogP contribution in [0.2, 0.25) is 0 Å². The third kappa shape index (κ3) is 48.4. The summed E-state index contributed by atoms with van der Waals surface area (Å²) in [5, 5.41) is 75.7. The molecule has 0 aliphatic heterocycles. The molecule has 0 amide bonds. The van der Waals surface area contributed by atoms with Crippen LogP contribution in [0.1, 0.15) is 105 Å². The normalized spacial score (nSPS) is 12.4. The Hall–Kier alpha value is -2.65. The molecule has 0 saturated carbocycles. The monoisotopic (exact) mass is 588 g/mol. The fourth-order valence-electron chi connectivity index (χ4n) is 1.93. The number of hydrogen-bond acceptors (Lipinski definition) is 10. The highest BCUT2D eigenvalue weighted by Crippen LogP contribution is 2.03. The predicted octanol–water partition coefficient (Wildman–Crippen LogP) is 1.67. The van der Waals surface area contributed by atoms with Gasteiger partial charge >= 0.3 is 23.9 Å². The van der Waals surface area contributed by atoms with Gasteiger partial charge in [0.25, 0.3) is 0 Å². The molecule has 0 aliphatic carbocycles. The summed E-state index contributed by atoms with van der Waals surface area (Å²) < 4.78 is 0. The molecule has 0 bridgehead atoms. The van der Waals surface area contributed by atoms with Crippen LogP contribution in [0, 0.1) is 0 Å². The smallest absolute Gasteiger partial charge is 0.303 e. The van der Waals surface area contributed by atoms with E-state index in [1.807, 2.05) is 27.7 Å². The zero-order valence-electron chi connectivity index (χ0n) is 24.1. The van der Waals surface area contributed by atoms with Gasteiger partial charge in [0.05, 0.1) is 6.61 Å². The summed E-state index contributed by atoms with van der Waals surface area (Å²) in [5.74, 6) is -2.77. The minimum Gasteiger partial charge on any atom is -0.481 e. The molecule has 14 nitrogen and oxygen atoms in total. The van der Waals surface area contributed by atoms with Gasteiger partial charge in [0.15, 0.2) is 6.29 Å². The van der Waals surface area contributed by atoms with Crippen molar-refractivity contribution >= 4 is 30.2 Å². The van der Waals surface area contributed by atoms with Gasteiger partial charge in [0.1, 0.15) is 24.4 Å². The molecule has 0 radical (unpaired) electrons. The highest BCUT2D eigenvalue weighted by atomic mass is 16.4. The number of aliphatic hydroxyl groups excluding tert-OH is 5. The van der Waals surface area contributed by atoms with E-state index in [2.05, 4.69) is 0 Å². The van der Waals surface area contributed by atoms with E-state index in [1.165, 1.54) is 0 Å². The van der Waals surface area contributed by atoms with E-state index in [0.29, 0.717) is 25.7 Å². The third-order valence-electron chi connectivity index (χ3n) is 4.40. The minimum absolute atomic E-state index is 0.0258. The number of carbonyl (C=O) groups is 5. The predicted molar refractivity (Wildman–Crippen MR) is 146 cm³/mol. The van der Waals surface area contributed by atoms with Crippen LogP contribution < -0.4 is 0 Å². The van der Waals surface area contributed by atoms with Gasteiger partial charge < -0.3 is 50.8 Å². The summed E-state index contributed by atoms with van der Waals surface area (Å²) in [5.41, 5.74) is 0. The van der Waals surface area contributed by atoms with Crippen LogP contribution in [0.25, 0.3) is 0 Å². The Labute approximate surface area is 236 Å². The van der Waals surface area contributed by atoms with Gasteiger partial charge in [-0.3, -0.25) is 19.2 Å². The van der Waals surface area contributed by atoms with Crippen LogP contribution in [0.15, 0.2) is 0 Å². The van der Waals surface area contributed by atoms with Crippen molar-refractivity contribution in [1.29, 1.82) is 0 Å². The number of carboxylic acids is 4. The fourth-order valence-corrected chi connectivity index (χ4v) is 1.93. The molecule has 0 aromatic rings. The first-order chi connectivity index (χ1) is 18.6. The molecular weight excluding hydrogens is 536 g/mol. The van der Waals surface area contributed by atoms with E-state index in [-0.39, 0.29) is 6.29 Å². The fraction of sp³-hybridized carbons (Fsp3) is 0.808. The van der Waals surface area contributed by atoms with Gasteiger partial charge in [0, 0.05) is 25.7 Å². The van der Waals surface area contributed by atoms with Crippen molar-refractivity contribution in [3.63, 3.8) is 0 Å². The maximum Gasteiger partial charge on any atom is 0.303 e. The first-order valence-electron chi connectivity index (χ1n) is 13.3. The summed E-state index contributed by atoms with van der Waals surface area (Å²) >= 11 is 0. The Morgan fingerprint density at radius 1 is 0.550 bits per heavy atom. The van der Waals surface area contributed by atoms with Gasteiger partial charge in [-0.1, -0.05) is 53.4 Å². The maximum absolute atomic E-state index is 9.90. The van der Waals surface area contributed by atoms with Crippen molar-refractivity contribution in [2.45, 2.75) is 129 Å². The largest absolute Gasteiger partial charge is 0.481 e. The van der Waals surface area contributed by atoms with E-state index in [4.69, 9.17) is 46.0 Å². The molecular formula is C26H52O14. The van der Waals surface area contributed by atoms with Crippen LogP contribution in [0.5, 0.6) is 0 Å². The molecule has 0 rings (SSSR count). The number of carboxylic acid groups (broad SMARTS) is 4. The van der Waals surface area contributed by atoms with E-state index in [9.17, 15) is 24.0 Å². The molecule has 0 aliphatic rings.